The minimum atomic E-state index is -0.445. The van der Waals surface area contributed by atoms with Crippen molar-refractivity contribution in [1.29, 1.82) is 0 Å². The van der Waals surface area contributed by atoms with Gasteiger partial charge in [0.15, 0.2) is 0 Å². The quantitative estimate of drug-likeness (QED) is 0.890. The van der Waals surface area contributed by atoms with Crippen LogP contribution in [0.5, 0.6) is 0 Å². The molecule has 19 heavy (non-hydrogen) atoms. The highest BCUT2D eigenvalue weighted by molar-refractivity contribution is 9.10. The molecule has 0 aliphatic heterocycles. The van der Waals surface area contributed by atoms with E-state index in [2.05, 4.69) is 26.3 Å². The van der Waals surface area contributed by atoms with Gasteiger partial charge in [0.1, 0.15) is 11.5 Å². The fourth-order valence-corrected chi connectivity index (χ4v) is 2.15. The molecule has 5 nitrogen and oxygen atoms in total. The van der Waals surface area contributed by atoms with Gasteiger partial charge in [-0.2, -0.15) is 5.10 Å². The van der Waals surface area contributed by atoms with Gasteiger partial charge < -0.3 is 11.1 Å². The molecule has 0 bridgehead atoms. The Labute approximate surface area is 117 Å². The fraction of sp³-hybridized carbons (Fsp3) is 0.167. The van der Waals surface area contributed by atoms with Crippen LogP contribution in [0.2, 0.25) is 0 Å². The van der Waals surface area contributed by atoms with E-state index in [0.717, 1.165) is 5.56 Å². The van der Waals surface area contributed by atoms with Crippen LogP contribution in [0.25, 0.3) is 0 Å². The van der Waals surface area contributed by atoms with Crippen molar-refractivity contribution in [3.63, 3.8) is 0 Å². The van der Waals surface area contributed by atoms with Gasteiger partial charge >= 0.3 is 0 Å². The van der Waals surface area contributed by atoms with Crippen molar-refractivity contribution in [2.24, 2.45) is 7.05 Å². The Balaban J connectivity index is 2.32. The van der Waals surface area contributed by atoms with Gasteiger partial charge in [0.2, 0.25) is 0 Å². The molecule has 1 aromatic heterocycles. The molecule has 2 aromatic rings. The van der Waals surface area contributed by atoms with Crippen LogP contribution in [-0.2, 0) is 7.05 Å². The number of aromatic nitrogens is 2. The van der Waals surface area contributed by atoms with E-state index in [1.807, 2.05) is 0 Å². The number of hydrogen-bond donors (Lipinski definition) is 2. The lowest BCUT2D eigenvalue weighted by atomic mass is 10.2. The standard InChI is InChI=1S/C12H12BrFN4O/c1-6-3-7(13)8(14)4-10(6)17-12(19)11-9(15)5-16-18(11)2/h3-5H,15H2,1-2H3,(H,17,19). The number of carbonyl (C=O) groups is 1. The molecule has 0 aliphatic rings. The van der Waals surface area contributed by atoms with E-state index in [-0.39, 0.29) is 11.4 Å². The van der Waals surface area contributed by atoms with Crippen LogP contribution in [0.3, 0.4) is 0 Å². The summed E-state index contributed by atoms with van der Waals surface area (Å²) in [5, 5.41) is 6.50. The lowest BCUT2D eigenvalue weighted by Gasteiger charge is -2.10. The highest BCUT2D eigenvalue weighted by Crippen LogP contribution is 2.24. The number of nitrogens with one attached hydrogen (secondary N) is 1. The molecule has 1 heterocycles. The van der Waals surface area contributed by atoms with Crippen LogP contribution in [0.4, 0.5) is 15.8 Å². The normalized spacial score (nSPS) is 10.5. The third kappa shape index (κ3) is 2.60. The summed E-state index contributed by atoms with van der Waals surface area (Å²) in [6.45, 7) is 1.77. The number of nitrogens with two attached hydrogens (primary N) is 1. The third-order valence-corrected chi connectivity index (χ3v) is 3.31. The first-order chi connectivity index (χ1) is 8.90. The maximum Gasteiger partial charge on any atom is 0.276 e. The number of nitrogen functional groups attached to an aromatic ring is 1. The van der Waals surface area contributed by atoms with Crippen LogP contribution in [0.1, 0.15) is 16.1 Å². The molecule has 0 fully saturated rings. The van der Waals surface area contributed by atoms with Gasteiger partial charge in [-0.25, -0.2) is 4.39 Å². The molecule has 1 aromatic carbocycles. The number of halogens is 2. The number of nitrogens with zero attached hydrogens (tertiary/aromatic N) is 2. The zero-order chi connectivity index (χ0) is 14.2. The number of carbonyl (C=O) groups excluding carboxylic acids is 1. The number of anilines is 2. The van der Waals surface area contributed by atoms with Gasteiger partial charge in [0.05, 0.1) is 16.4 Å². The highest BCUT2D eigenvalue weighted by Gasteiger charge is 2.16. The van der Waals surface area contributed by atoms with E-state index >= 15 is 0 Å². The maximum atomic E-state index is 13.5. The Kier molecular flexibility index (Phi) is 3.57. The third-order valence-electron chi connectivity index (χ3n) is 2.70. The Hall–Kier alpha value is -1.89. The van der Waals surface area contributed by atoms with Gasteiger partial charge in [-0.15, -0.1) is 0 Å². The molecule has 100 valence electrons. The summed E-state index contributed by atoms with van der Waals surface area (Å²) in [4.78, 5) is 12.1. The van der Waals surface area contributed by atoms with Gasteiger partial charge in [0.25, 0.3) is 5.91 Å². The van der Waals surface area contributed by atoms with E-state index in [0.29, 0.717) is 10.2 Å². The Morgan fingerprint density at radius 3 is 2.79 bits per heavy atom. The topological polar surface area (TPSA) is 72.9 Å². The summed E-state index contributed by atoms with van der Waals surface area (Å²) in [6, 6.07) is 2.85. The van der Waals surface area contributed by atoms with Crippen molar-refractivity contribution in [1.82, 2.24) is 9.78 Å². The SMILES string of the molecule is Cc1cc(Br)c(F)cc1NC(=O)c1c(N)cnn1C. The first kappa shape index (κ1) is 13.5. The van der Waals surface area contributed by atoms with E-state index < -0.39 is 11.7 Å². The fourth-order valence-electron chi connectivity index (χ4n) is 1.70. The minimum absolute atomic E-state index is 0.239. The first-order valence-corrected chi connectivity index (χ1v) is 6.24. The number of aryl methyl sites for hydroxylation is 2. The van der Waals surface area contributed by atoms with Crippen LogP contribution in [0.15, 0.2) is 22.8 Å². The monoisotopic (exact) mass is 326 g/mol. The second-order valence-electron chi connectivity index (χ2n) is 4.11. The van der Waals surface area contributed by atoms with Crippen molar-refractivity contribution in [3.05, 3.63) is 39.9 Å². The lowest BCUT2D eigenvalue weighted by Crippen LogP contribution is -2.18. The van der Waals surface area contributed by atoms with E-state index in [1.165, 1.54) is 16.9 Å². The van der Waals surface area contributed by atoms with E-state index in [4.69, 9.17) is 5.73 Å². The van der Waals surface area contributed by atoms with Crippen molar-refractivity contribution in [3.8, 4) is 0 Å². The molecule has 0 unspecified atom stereocenters. The smallest absolute Gasteiger partial charge is 0.276 e. The summed E-state index contributed by atoms with van der Waals surface area (Å²) in [6.07, 6.45) is 1.39. The molecule has 0 aliphatic carbocycles. The van der Waals surface area contributed by atoms with Crippen molar-refractivity contribution >= 4 is 33.2 Å². The molecule has 0 radical (unpaired) electrons. The second-order valence-corrected chi connectivity index (χ2v) is 4.96. The molecular formula is C12H12BrFN4O. The van der Waals surface area contributed by atoms with Gasteiger partial charge in [0, 0.05) is 12.7 Å². The predicted molar refractivity (Wildman–Crippen MR) is 74.4 cm³/mol. The summed E-state index contributed by atoms with van der Waals surface area (Å²) in [7, 11) is 1.61. The highest BCUT2D eigenvalue weighted by atomic mass is 79.9. The Morgan fingerprint density at radius 1 is 1.53 bits per heavy atom. The van der Waals surface area contributed by atoms with Crippen molar-refractivity contribution in [2.75, 3.05) is 11.1 Å². The molecule has 7 heteroatoms. The molecule has 0 saturated carbocycles. The van der Waals surface area contributed by atoms with Crippen LogP contribution < -0.4 is 11.1 Å². The molecule has 2 rings (SSSR count). The van der Waals surface area contributed by atoms with Crippen LogP contribution >= 0.6 is 15.9 Å². The van der Waals surface area contributed by atoms with Gasteiger partial charge in [-0.1, -0.05) is 0 Å². The summed E-state index contributed by atoms with van der Waals surface area (Å²) in [5.41, 5.74) is 7.31. The molecule has 0 spiro atoms. The molecule has 0 atom stereocenters. The van der Waals surface area contributed by atoms with E-state index in [9.17, 15) is 9.18 Å². The van der Waals surface area contributed by atoms with Gasteiger partial charge in [-0.3, -0.25) is 9.48 Å². The minimum Gasteiger partial charge on any atom is -0.396 e. The largest absolute Gasteiger partial charge is 0.396 e. The average Bonchev–Trinajstić information content (AvgIpc) is 2.66. The zero-order valence-corrected chi connectivity index (χ0v) is 12.0. The number of benzene rings is 1. The van der Waals surface area contributed by atoms with Crippen molar-refractivity contribution < 1.29 is 9.18 Å². The summed E-state index contributed by atoms with van der Waals surface area (Å²) in [5.74, 6) is -0.874. The Morgan fingerprint density at radius 2 is 2.21 bits per heavy atom. The second kappa shape index (κ2) is 5.00. The van der Waals surface area contributed by atoms with Gasteiger partial charge in [-0.05, 0) is 40.5 Å². The molecule has 3 N–H and O–H groups in total. The van der Waals surface area contributed by atoms with Crippen molar-refractivity contribution in [2.45, 2.75) is 6.92 Å². The first-order valence-electron chi connectivity index (χ1n) is 5.44. The number of hydrogen-bond acceptors (Lipinski definition) is 3. The molecular weight excluding hydrogens is 315 g/mol. The van der Waals surface area contributed by atoms with Crippen LogP contribution in [0, 0.1) is 12.7 Å². The number of amides is 1. The van der Waals surface area contributed by atoms with Crippen LogP contribution in [-0.4, -0.2) is 15.7 Å². The maximum absolute atomic E-state index is 13.5. The lowest BCUT2D eigenvalue weighted by molar-refractivity contribution is 0.101. The summed E-state index contributed by atoms with van der Waals surface area (Å²) < 4.78 is 15.2. The zero-order valence-electron chi connectivity index (χ0n) is 10.4. The number of rotatable bonds is 2. The molecule has 0 saturated heterocycles. The predicted octanol–water partition coefficient (Wildman–Crippen LogP) is 2.46. The van der Waals surface area contributed by atoms with E-state index in [1.54, 1.807) is 20.0 Å². The summed E-state index contributed by atoms with van der Waals surface area (Å²) >= 11 is 3.09. The molecule has 1 amide bonds. The average molecular weight is 327 g/mol. The Bertz CT molecular complexity index is 634.